The number of furan rings is 1. The average molecular weight is 385 g/mol. The minimum absolute atomic E-state index is 0.0664. The van der Waals surface area contributed by atoms with Gasteiger partial charge in [-0.05, 0) is 36.4 Å². The number of esters is 1. The number of carbonyl (C=O) groups is 1. The first kappa shape index (κ1) is 17.1. The van der Waals surface area contributed by atoms with Gasteiger partial charge in [0, 0.05) is 10.4 Å². The van der Waals surface area contributed by atoms with Gasteiger partial charge in [-0.2, -0.15) is 4.98 Å². The van der Waals surface area contributed by atoms with Gasteiger partial charge >= 0.3 is 5.97 Å². The number of para-hydroxylation sites is 1. The van der Waals surface area contributed by atoms with Crippen LogP contribution in [0, 0.1) is 0 Å². The van der Waals surface area contributed by atoms with Crippen LogP contribution >= 0.6 is 11.6 Å². The van der Waals surface area contributed by atoms with Gasteiger partial charge in [0.1, 0.15) is 11.3 Å². The van der Waals surface area contributed by atoms with Gasteiger partial charge in [0.15, 0.2) is 6.61 Å². The largest absolute Gasteiger partial charge is 0.496 e. The predicted octanol–water partition coefficient (Wildman–Crippen LogP) is 4.50. The summed E-state index contributed by atoms with van der Waals surface area (Å²) < 4.78 is 21.1. The fourth-order valence-electron chi connectivity index (χ4n) is 2.57. The van der Waals surface area contributed by atoms with E-state index in [0.29, 0.717) is 33.1 Å². The molecule has 2 aromatic carbocycles. The minimum atomic E-state index is -0.639. The molecule has 0 saturated heterocycles. The van der Waals surface area contributed by atoms with Gasteiger partial charge in [0.2, 0.25) is 11.6 Å². The van der Waals surface area contributed by atoms with Gasteiger partial charge < -0.3 is 18.4 Å². The molecule has 0 fully saturated rings. The van der Waals surface area contributed by atoms with E-state index in [9.17, 15) is 4.79 Å². The van der Waals surface area contributed by atoms with Gasteiger partial charge in [0.05, 0.1) is 12.7 Å². The first-order chi connectivity index (χ1) is 13.1. The van der Waals surface area contributed by atoms with E-state index < -0.39 is 5.97 Å². The Morgan fingerprint density at radius 3 is 2.89 bits per heavy atom. The average Bonchev–Trinajstić information content (AvgIpc) is 3.32. The molecular formula is C19H13ClN2O5. The zero-order chi connectivity index (χ0) is 18.8. The number of aromatic nitrogens is 2. The maximum absolute atomic E-state index is 12.2. The van der Waals surface area contributed by atoms with Crippen molar-refractivity contribution < 1.29 is 23.2 Å². The van der Waals surface area contributed by atoms with Crippen molar-refractivity contribution in [2.24, 2.45) is 0 Å². The number of methoxy groups -OCH3 is 1. The Bertz CT molecular complexity index is 1120. The van der Waals surface area contributed by atoms with Crippen LogP contribution in [0.25, 0.3) is 22.4 Å². The Morgan fingerprint density at radius 2 is 2.04 bits per heavy atom. The van der Waals surface area contributed by atoms with E-state index >= 15 is 0 Å². The Morgan fingerprint density at radius 1 is 1.19 bits per heavy atom. The summed E-state index contributed by atoms with van der Waals surface area (Å²) in [4.78, 5) is 16.4. The predicted molar refractivity (Wildman–Crippen MR) is 96.6 cm³/mol. The lowest BCUT2D eigenvalue weighted by Gasteiger charge is -2.03. The van der Waals surface area contributed by atoms with Crippen LogP contribution in [-0.4, -0.2) is 23.2 Å². The Balaban J connectivity index is 1.47. The van der Waals surface area contributed by atoms with E-state index in [1.165, 1.54) is 0 Å². The van der Waals surface area contributed by atoms with Crippen LogP contribution in [0.2, 0.25) is 5.02 Å². The molecule has 0 radical (unpaired) electrons. The number of rotatable bonds is 5. The molecular weight excluding hydrogens is 372 g/mol. The van der Waals surface area contributed by atoms with Crippen LogP contribution < -0.4 is 4.74 Å². The van der Waals surface area contributed by atoms with Crippen molar-refractivity contribution in [2.75, 3.05) is 7.11 Å². The van der Waals surface area contributed by atoms with Gasteiger partial charge in [-0.25, -0.2) is 4.79 Å². The third kappa shape index (κ3) is 3.50. The van der Waals surface area contributed by atoms with Crippen molar-refractivity contribution in [2.45, 2.75) is 6.61 Å². The molecule has 0 aliphatic carbocycles. The van der Waals surface area contributed by atoms with Crippen molar-refractivity contribution in [3.8, 4) is 17.1 Å². The van der Waals surface area contributed by atoms with Crippen LogP contribution in [0.1, 0.15) is 16.4 Å². The molecule has 8 heteroatoms. The molecule has 4 aromatic rings. The molecule has 27 heavy (non-hydrogen) atoms. The van der Waals surface area contributed by atoms with Gasteiger partial charge in [-0.15, -0.1) is 0 Å². The molecule has 2 heterocycles. The summed E-state index contributed by atoms with van der Waals surface area (Å²) in [6, 6.07) is 13.9. The van der Waals surface area contributed by atoms with Crippen LogP contribution in [0.4, 0.5) is 0 Å². The standard InChI is InChI=1S/C19H13ClN2O5/c1-24-15-5-3-2-4-13(15)18-21-17(27-22-18)10-25-19(23)16-9-11-8-12(20)6-7-14(11)26-16/h2-9H,10H2,1H3. The lowest BCUT2D eigenvalue weighted by atomic mass is 10.2. The first-order valence-corrected chi connectivity index (χ1v) is 8.34. The number of hydrogen-bond donors (Lipinski definition) is 0. The van der Waals surface area contributed by atoms with Crippen LogP contribution in [0.5, 0.6) is 5.75 Å². The topological polar surface area (TPSA) is 87.6 Å². The van der Waals surface area contributed by atoms with Crippen molar-refractivity contribution in [3.05, 3.63) is 65.2 Å². The normalized spacial score (nSPS) is 10.9. The second-order valence-electron chi connectivity index (χ2n) is 5.58. The number of carbonyl (C=O) groups excluding carboxylic acids is 1. The molecule has 4 rings (SSSR count). The van der Waals surface area contributed by atoms with E-state index in [1.807, 2.05) is 12.1 Å². The molecule has 0 atom stereocenters. The monoisotopic (exact) mass is 384 g/mol. The highest BCUT2D eigenvalue weighted by atomic mass is 35.5. The summed E-state index contributed by atoms with van der Waals surface area (Å²) in [5.74, 6) is 0.541. The summed E-state index contributed by atoms with van der Waals surface area (Å²) in [7, 11) is 1.56. The molecule has 0 unspecified atom stereocenters. The lowest BCUT2D eigenvalue weighted by molar-refractivity contribution is 0.0396. The van der Waals surface area contributed by atoms with Gasteiger partial charge in [-0.1, -0.05) is 28.9 Å². The highest BCUT2D eigenvalue weighted by Crippen LogP contribution is 2.27. The summed E-state index contributed by atoms with van der Waals surface area (Å²) in [6.45, 7) is -0.182. The van der Waals surface area contributed by atoms with Gasteiger partial charge in [-0.3, -0.25) is 0 Å². The maximum Gasteiger partial charge on any atom is 0.374 e. The third-order valence-electron chi connectivity index (χ3n) is 3.82. The summed E-state index contributed by atoms with van der Waals surface area (Å²) >= 11 is 5.93. The van der Waals surface area contributed by atoms with E-state index in [-0.39, 0.29) is 18.3 Å². The number of fused-ring (bicyclic) bond motifs is 1. The third-order valence-corrected chi connectivity index (χ3v) is 4.06. The molecule has 0 spiro atoms. The SMILES string of the molecule is COc1ccccc1-c1noc(COC(=O)c2cc3cc(Cl)ccc3o2)n1. The molecule has 0 aliphatic heterocycles. The first-order valence-electron chi connectivity index (χ1n) is 7.96. The lowest BCUT2D eigenvalue weighted by Crippen LogP contribution is -2.04. The Labute approximate surface area is 158 Å². The molecule has 0 amide bonds. The molecule has 0 bridgehead atoms. The van der Waals surface area contributed by atoms with E-state index in [2.05, 4.69) is 10.1 Å². The fourth-order valence-corrected chi connectivity index (χ4v) is 2.75. The molecule has 0 saturated carbocycles. The van der Waals surface area contributed by atoms with Crippen molar-refractivity contribution in [1.82, 2.24) is 10.1 Å². The van der Waals surface area contributed by atoms with E-state index in [4.69, 9.17) is 30.0 Å². The second kappa shape index (κ2) is 7.13. The summed E-state index contributed by atoms with van der Waals surface area (Å²) in [5, 5.41) is 5.16. The second-order valence-corrected chi connectivity index (χ2v) is 6.02. The fraction of sp³-hybridized carbons (Fsp3) is 0.105. The number of ether oxygens (including phenoxy) is 2. The molecule has 7 nitrogen and oxygen atoms in total. The number of nitrogens with zero attached hydrogens (tertiary/aromatic N) is 2. The van der Waals surface area contributed by atoms with Crippen LogP contribution in [0.15, 0.2) is 57.5 Å². The van der Waals surface area contributed by atoms with E-state index in [0.717, 1.165) is 0 Å². The Hall–Kier alpha value is -3.32. The number of halogens is 1. The molecule has 2 aromatic heterocycles. The summed E-state index contributed by atoms with van der Waals surface area (Å²) in [5.41, 5.74) is 1.22. The number of benzene rings is 2. The van der Waals surface area contributed by atoms with Crippen LogP contribution in [0.3, 0.4) is 0 Å². The van der Waals surface area contributed by atoms with Gasteiger partial charge in [0.25, 0.3) is 5.89 Å². The van der Waals surface area contributed by atoms with Crippen molar-refractivity contribution in [3.63, 3.8) is 0 Å². The molecule has 136 valence electrons. The molecule has 0 aliphatic rings. The zero-order valence-corrected chi connectivity index (χ0v) is 14.9. The highest BCUT2D eigenvalue weighted by Gasteiger charge is 2.17. The smallest absolute Gasteiger partial charge is 0.374 e. The number of hydrogen-bond acceptors (Lipinski definition) is 7. The van der Waals surface area contributed by atoms with E-state index in [1.54, 1.807) is 43.5 Å². The highest BCUT2D eigenvalue weighted by molar-refractivity contribution is 6.31. The zero-order valence-electron chi connectivity index (χ0n) is 14.1. The van der Waals surface area contributed by atoms with Crippen LogP contribution in [-0.2, 0) is 11.3 Å². The summed E-state index contributed by atoms with van der Waals surface area (Å²) in [6.07, 6.45) is 0. The maximum atomic E-state index is 12.2. The minimum Gasteiger partial charge on any atom is -0.496 e. The quantitative estimate of drug-likeness (QED) is 0.468. The van der Waals surface area contributed by atoms with Crippen molar-refractivity contribution in [1.29, 1.82) is 0 Å². The molecule has 0 N–H and O–H groups in total. The Kier molecular flexibility index (Phi) is 4.52. The van der Waals surface area contributed by atoms with Crippen molar-refractivity contribution >= 4 is 28.5 Å².